The van der Waals surface area contributed by atoms with Crippen LogP contribution in [0.15, 0.2) is 42.5 Å². The maximum absolute atomic E-state index is 5.71. The van der Waals surface area contributed by atoms with Crippen LogP contribution >= 0.6 is 0 Å². The van der Waals surface area contributed by atoms with E-state index in [-0.39, 0.29) is 0 Å². The molecule has 0 radical (unpaired) electrons. The molecule has 110 valence electrons. The lowest BCUT2D eigenvalue weighted by Gasteiger charge is -2.16. The van der Waals surface area contributed by atoms with Gasteiger partial charge in [0, 0.05) is 18.2 Å². The molecule has 1 aromatic rings. The molecular weight excluding hydrogens is 246 g/mol. The van der Waals surface area contributed by atoms with E-state index in [1.54, 1.807) is 6.08 Å². The lowest BCUT2D eigenvalue weighted by molar-refractivity contribution is 0.362. The molecule has 1 rings (SSSR count). The molecule has 0 atom stereocenters. The van der Waals surface area contributed by atoms with Gasteiger partial charge in [0.1, 0.15) is 12.4 Å². The summed E-state index contributed by atoms with van der Waals surface area (Å²) in [4.78, 5) is 0. The smallest absolute Gasteiger partial charge is 0.126 e. The first-order valence-electron chi connectivity index (χ1n) is 7.31. The van der Waals surface area contributed by atoms with Gasteiger partial charge in [-0.1, -0.05) is 70.2 Å². The molecule has 0 amide bonds. The van der Waals surface area contributed by atoms with Gasteiger partial charge in [0.25, 0.3) is 0 Å². The van der Waals surface area contributed by atoms with Crippen LogP contribution in [0.3, 0.4) is 0 Å². The molecule has 20 heavy (non-hydrogen) atoms. The lowest BCUT2D eigenvalue weighted by atomic mass is 9.99. The van der Waals surface area contributed by atoms with Gasteiger partial charge in [-0.05, 0) is 12.0 Å². The van der Waals surface area contributed by atoms with Crippen molar-refractivity contribution in [3.8, 4) is 5.75 Å². The average Bonchev–Trinajstić information content (AvgIpc) is 2.41. The zero-order valence-electron chi connectivity index (χ0n) is 13.1. The van der Waals surface area contributed by atoms with Crippen molar-refractivity contribution in [1.82, 2.24) is 5.32 Å². The number of benzene rings is 1. The summed E-state index contributed by atoms with van der Waals surface area (Å²) in [5.41, 5.74) is 2.51. The summed E-state index contributed by atoms with van der Waals surface area (Å²) in [6.07, 6.45) is 4.00. The molecule has 1 aromatic carbocycles. The molecule has 2 heteroatoms. The van der Waals surface area contributed by atoms with E-state index in [9.17, 15) is 0 Å². The number of hydrogen-bond donors (Lipinski definition) is 1. The van der Waals surface area contributed by atoms with Crippen LogP contribution in [0.2, 0.25) is 0 Å². The Morgan fingerprint density at radius 1 is 1.25 bits per heavy atom. The van der Waals surface area contributed by atoms with Gasteiger partial charge in [0.2, 0.25) is 0 Å². The minimum Gasteiger partial charge on any atom is -0.489 e. The van der Waals surface area contributed by atoms with Crippen LogP contribution in [-0.4, -0.2) is 19.2 Å². The van der Waals surface area contributed by atoms with Gasteiger partial charge >= 0.3 is 0 Å². The quantitative estimate of drug-likeness (QED) is 0.713. The minimum atomic E-state index is 0.490. The van der Waals surface area contributed by atoms with E-state index < -0.39 is 0 Å². The SMILES string of the molecule is C=CCOc1ccccc1C=C(CNC(C)C)C(C)C. The van der Waals surface area contributed by atoms with Crippen LogP contribution in [0.1, 0.15) is 33.3 Å². The predicted octanol–water partition coefficient (Wildman–Crippen LogP) is 4.29. The number of para-hydroxylation sites is 1. The third-order valence-corrected chi connectivity index (χ3v) is 3.07. The summed E-state index contributed by atoms with van der Waals surface area (Å²) in [5, 5.41) is 3.48. The van der Waals surface area contributed by atoms with Crippen LogP contribution in [-0.2, 0) is 0 Å². The predicted molar refractivity (Wildman–Crippen MR) is 88.1 cm³/mol. The Labute approximate surface area is 123 Å². The summed E-state index contributed by atoms with van der Waals surface area (Å²) in [7, 11) is 0. The fourth-order valence-electron chi connectivity index (χ4n) is 1.82. The van der Waals surface area contributed by atoms with E-state index >= 15 is 0 Å². The minimum absolute atomic E-state index is 0.490. The lowest BCUT2D eigenvalue weighted by Crippen LogP contribution is -2.26. The average molecular weight is 273 g/mol. The third-order valence-electron chi connectivity index (χ3n) is 3.07. The highest BCUT2D eigenvalue weighted by atomic mass is 16.5. The van der Waals surface area contributed by atoms with Crippen molar-refractivity contribution in [2.45, 2.75) is 33.7 Å². The summed E-state index contributed by atoms with van der Waals surface area (Å²) < 4.78 is 5.71. The van der Waals surface area contributed by atoms with Crippen LogP contribution in [0.4, 0.5) is 0 Å². The Kier molecular flexibility index (Phi) is 7.10. The fourth-order valence-corrected chi connectivity index (χ4v) is 1.82. The Morgan fingerprint density at radius 2 is 1.95 bits per heavy atom. The van der Waals surface area contributed by atoms with Gasteiger partial charge in [0.05, 0.1) is 0 Å². The van der Waals surface area contributed by atoms with Crippen LogP contribution in [0, 0.1) is 5.92 Å². The van der Waals surface area contributed by atoms with E-state index in [1.165, 1.54) is 5.57 Å². The topological polar surface area (TPSA) is 21.3 Å². The first-order chi connectivity index (χ1) is 9.54. The van der Waals surface area contributed by atoms with Crippen LogP contribution in [0.25, 0.3) is 6.08 Å². The zero-order chi connectivity index (χ0) is 15.0. The summed E-state index contributed by atoms with van der Waals surface area (Å²) >= 11 is 0. The van der Waals surface area contributed by atoms with Gasteiger partial charge < -0.3 is 10.1 Å². The van der Waals surface area contributed by atoms with Crippen molar-refractivity contribution >= 4 is 6.08 Å². The highest BCUT2D eigenvalue weighted by Crippen LogP contribution is 2.23. The van der Waals surface area contributed by atoms with E-state index in [0.29, 0.717) is 18.6 Å². The molecule has 2 nitrogen and oxygen atoms in total. The second-order valence-corrected chi connectivity index (χ2v) is 5.55. The molecule has 0 aromatic heterocycles. The third kappa shape index (κ3) is 5.62. The largest absolute Gasteiger partial charge is 0.489 e. The monoisotopic (exact) mass is 273 g/mol. The van der Waals surface area contributed by atoms with Crippen molar-refractivity contribution in [1.29, 1.82) is 0 Å². The van der Waals surface area contributed by atoms with Crippen molar-refractivity contribution in [3.05, 3.63) is 48.1 Å². The zero-order valence-corrected chi connectivity index (χ0v) is 13.1. The van der Waals surface area contributed by atoms with Crippen molar-refractivity contribution < 1.29 is 4.74 Å². The van der Waals surface area contributed by atoms with Crippen LogP contribution < -0.4 is 10.1 Å². The number of hydrogen-bond acceptors (Lipinski definition) is 2. The molecule has 0 saturated carbocycles. The number of rotatable bonds is 8. The Hall–Kier alpha value is -1.54. The molecule has 0 bridgehead atoms. The maximum Gasteiger partial charge on any atom is 0.126 e. The number of nitrogens with one attached hydrogen (secondary N) is 1. The number of ether oxygens (including phenoxy) is 1. The first-order valence-corrected chi connectivity index (χ1v) is 7.31. The summed E-state index contributed by atoms with van der Waals surface area (Å²) in [5.74, 6) is 1.42. The molecule has 0 unspecified atom stereocenters. The van der Waals surface area contributed by atoms with E-state index in [0.717, 1.165) is 17.9 Å². The molecule has 0 aliphatic carbocycles. The van der Waals surface area contributed by atoms with Crippen molar-refractivity contribution in [3.63, 3.8) is 0 Å². The maximum atomic E-state index is 5.71. The molecule has 0 spiro atoms. The second kappa shape index (κ2) is 8.60. The van der Waals surface area contributed by atoms with E-state index in [2.05, 4.69) is 51.7 Å². The van der Waals surface area contributed by atoms with Gasteiger partial charge in [-0.2, -0.15) is 0 Å². The fraction of sp³-hybridized carbons (Fsp3) is 0.444. The molecule has 0 heterocycles. The van der Waals surface area contributed by atoms with Gasteiger partial charge in [0.15, 0.2) is 0 Å². The molecular formula is C18H27NO. The highest BCUT2D eigenvalue weighted by Gasteiger charge is 2.07. The van der Waals surface area contributed by atoms with Gasteiger partial charge in [-0.25, -0.2) is 0 Å². The Bertz CT molecular complexity index is 446. The molecule has 1 N–H and O–H groups in total. The van der Waals surface area contributed by atoms with E-state index in [1.807, 2.05) is 18.2 Å². The van der Waals surface area contributed by atoms with Gasteiger partial charge in [-0.15, -0.1) is 0 Å². The summed E-state index contributed by atoms with van der Waals surface area (Å²) in [6.45, 7) is 13.9. The molecule has 0 aliphatic heterocycles. The molecule has 0 saturated heterocycles. The Morgan fingerprint density at radius 3 is 2.55 bits per heavy atom. The normalized spacial score (nSPS) is 12.0. The first kappa shape index (κ1) is 16.5. The standard InChI is InChI=1S/C18H27NO/c1-6-11-20-18-10-8-7-9-16(18)12-17(14(2)3)13-19-15(4)5/h6-10,12,14-15,19H,1,11,13H2,2-5H3. The van der Waals surface area contributed by atoms with Crippen molar-refractivity contribution in [2.75, 3.05) is 13.2 Å². The molecule has 0 fully saturated rings. The summed E-state index contributed by atoms with van der Waals surface area (Å²) in [6, 6.07) is 8.63. The van der Waals surface area contributed by atoms with Gasteiger partial charge in [-0.3, -0.25) is 0 Å². The highest BCUT2D eigenvalue weighted by molar-refractivity contribution is 5.60. The second-order valence-electron chi connectivity index (χ2n) is 5.55. The van der Waals surface area contributed by atoms with E-state index in [4.69, 9.17) is 4.74 Å². The Balaban J connectivity index is 2.94. The molecule has 0 aliphatic rings. The van der Waals surface area contributed by atoms with Crippen LogP contribution in [0.5, 0.6) is 5.75 Å². The van der Waals surface area contributed by atoms with Crippen molar-refractivity contribution in [2.24, 2.45) is 5.92 Å².